The summed E-state index contributed by atoms with van der Waals surface area (Å²) in [6, 6.07) is 4.87. The molecule has 9 nitrogen and oxygen atoms in total. The summed E-state index contributed by atoms with van der Waals surface area (Å²) < 4.78 is 53.9. The van der Waals surface area contributed by atoms with Gasteiger partial charge in [0.1, 0.15) is 18.1 Å². The maximum Gasteiger partial charge on any atom is 0.240 e. The predicted octanol–water partition coefficient (Wildman–Crippen LogP) is 4.11. The van der Waals surface area contributed by atoms with Crippen molar-refractivity contribution in [3.63, 3.8) is 0 Å². The Morgan fingerprint density at radius 1 is 1.11 bits per heavy atom. The van der Waals surface area contributed by atoms with Gasteiger partial charge in [0.25, 0.3) is 0 Å². The van der Waals surface area contributed by atoms with E-state index in [9.17, 15) is 13.2 Å². The number of fused-ring (bicyclic) bond motifs is 1. The number of hydrogen-bond acceptors (Lipinski definition) is 8. The number of hydrogen-bond donors (Lipinski definition) is 1. The molecule has 4 heterocycles. The fourth-order valence-corrected chi connectivity index (χ4v) is 3.81. The molecule has 0 radical (unpaired) electrons. The summed E-state index contributed by atoms with van der Waals surface area (Å²) >= 11 is 0. The zero-order chi connectivity index (χ0) is 24.7. The SMILES string of the molecule is COc1nc(Nc2ncc3c(n2)N(C)C(c2cc(F)c(F)c(F)c2)CO3)ccc1-n1cnc(C)c1. The fourth-order valence-electron chi connectivity index (χ4n) is 3.81. The Balaban J connectivity index is 1.41. The smallest absolute Gasteiger partial charge is 0.240 e. The first-order valence-electron chi connectivity index (χ1n) is 10.5. The average molecular weight is 483 g/mol. The van der Waals surface area contributed by atoms with Crippen molar-refractivity contribution in [3.05, 3.63) is 71.7 Å². The fraction of sp³-hybridized carbons (Fsp3) is 0.217. The lowest BCUT2D eigenvalue weighted by Gasteiger charge is -2.35. The molecule has 4 aromatic rings. The summed E-state index contributed by atoms with van der Waals surface area (Å²) in [7, 11) is 3.22. The number of ether oxygens (including phenoxy) is 2. The number of halogens is 3. The van der Waals surface area contributed by atoms with Crippen LogP contribution in [-0.4, -0.2) is 45.3 Å². The Morgan fingerprint density at radius 2 is 1.89 bits per heavy atom. The van der Waals surface area contributed by atoms with Crippen LogP contribution in [0.3, 0.4) is 0 Å². The summed E-state index contributed by atoms with van der Waals surface area (Å²) in [5.41, 5.74) is 1.78. The van der Waals surface area contributed by atoms with Crippen LogP contribution in [0.25, 0.3) is 5.69 Å². The summed E-state index contributed by atoms with van der Waals surface area (Å²) in [6.45, 7) is 1.96. The van der Waals surface area contributed by atoms with Crippen molar-refractivity contribution >= 4 is 17.6 Å². The highest BCUT2D eigenvalue weighted by molar-refractivity contribution is 5.60. The predicted molar refractivity (Wildman–Crippen MR) is 121 cm³/mol. The van der Waals surface area contributed by atoms with Crippen LogP contribution >= 0.6 is 0 Å². The molecule has 1 aromatic carbocycles. The van der Waals surface area contributed by atoms with Crippen LogP contribution in [0, 0.1) is 24.4 Å². The van der Waals surface area contributed by atoms with Gasteiger partial charge in [-0.2, -0.15) is 9.97 Å². The summed E-state index contributed by atoms with van der Waals surface area (Å²) in [5, 5.41) is 3.02. The summed E-state index contributed by atoms with van der Waals surface area (Å²) in [4.78, 5) is 19.1. The number of nitrogens with one attached hydrogen (secondary N) is 1. The largest absolute Gasteiger partial charge is 0.486 e. The lowest BCUT2D eigenvalue weighted by atomic mass is 10.0. The lowest BCUT2D eigenvalue weighted by Crippen LogP contribution is -2.34. The number of anilines is 3. The van der Waals surface area contributed by atoms with Crippen molar-refractivity contribution in [2.45, 2.75) is 13.0 Å². The third kappa shape index (κ3) is 4.18. The Bertz CT molecular complexity index is 1390. The van der Waals surface area contributed by atoms with Crippen molar-refractivity contribution in [2.24, 2.45) is 0 Å². The Labute approximate surface area is 198 Å². The maximum absolute atomic E-state index is 13.8. The van der Waals surface area contributed by atoms with E-state index >= 15 is 0 Å². The first kappa shape index (κ1) is 22.4. The number of pyridine rings is 1. The van der Waals surface area contributed by atoms with Crippen LogP contribution in [-0.2, 0) is 0 Å². The molecule has 0 saturated heterocycles. The van der Waals surface area contributed by atoms with Gasteiger partial charge in [0.2, 0.25) is 11.8 Å². The van der Waals surface area contributed by atoms with E-state index in [0.717, 1.165) is 17.8 Å². The zero-order valence-corrected chi connectivity index (χ0v) is 19.0. The van der Waals surface area contributed by atoms with Crippen molar-refractivity contribution < 1.29 is 22.6 Å². The van der Waals surface area contributed by atoms with Gasteiger partial charge in [0.15, 0.2) is 29.0 Å². The molecule has 1 N–H and O–H groups in total. The van der Waals surface area contributed by atoms with Gasteiger partial charge < -0.3 is 24.3 Å². The second-order valence-electron chi connectivity index (χ2n) is 7.89. The topological polar surface area (TPSA) is 90.2 Å². The summed E-state index contributed by atoms with van der Waals surface area (Å²) in [5.74, 6) is -2.24. The highest BCUT2D eigenvalue weighted by atomic mass is 19.2. The lowest BCUT2D eigenvalue weighted by molar-refractivity contribution is 0.264. The maximum atomic E-state index is 13.8. The number of benzene rings is 1. The van der Waals surface area contributed by atoms with E-state index in [1.54, 1.807) is 28.9 Å². The molecule has 0 spiro atoms. The van der Waals surface area contributed by atoms with E-state index in [1.807, 2.05) is 19.2 Å². The minimum absolute atomic E-state index is 0.0814. The molecule has 0 amide bonds. The molecule has 0 fully saturated rings. The highest BCUT2D eigenvalue weighted by Crippen LogP contribution is 2.37. The van der Waals surface area contributed by atoms with E-state index in [2.05, 4.69) is 25.3 Å². The van der Waals surface area contributed by atoms with Crippen molar-refractivity contribution in [3.8, 4) is 17.3 Å². The monoisotopic (exact) mass is 483 g/mol. The van der Waals surface area contributed by atoms with Gasteiger partial charge in [-0.1, -0.05) is 0 Å². The molecule has 1 aliphatic rings. The molecule has 180 valence electrons. The van der Waals surface area contributed by atoms with Gasteiger partial charge >= 0.3 is 0 Å². The van der Waals surface area contributed by atoms with Crippen LogP contribution in [0.2, 0.25) is 0 Å². The van der Waals surface area contributed by atoms with Crippen molar-refractivity contribution in [2.75, 3.05) is 31.0 Å². The Morgan fingerprint density at radius 3 is 2.57 bits per heavy atom. The Hall–Kier alpha value is -4.35. The second kappa shape index (κ2) is 8.78. The van der Waals surface area contributed by atoms with Crippen LogP contribution in [0.15, 0.2) is 43.0 Å². The first-order valence-corrected chi connectivity index (χ1v) is 10.5. The van der Waals surface area contributed by atoms with Crippen LogP contribution in [0.5, 0.6) is 11.6 Å². The third-order valence-electron chi connectivity index (χ3n) is 5.59. The molecule has 1 aliphatic heterocycles. The normalized spacial score (nSPS) is 14.9. The highest BCUT2D eigenvalue weighted by Gasteiger charge is 2.30. The second-order valence-corrected chi connectivity index (χ2v) is 7.89. The molecule has 1 unspecified atom stereocenters. The summed E-state index contributed by atoms with van der Waals surface area (Å²) in [6.07, 6.45) is 5.01. The average Bonchev–Trinajstić information content (AvgIpc) is 3.28. The minimum Gasteiger partial charge on any atom is -0.486 e. The molecule has 0 bridgehead atoms. The van der Waals surface area contributed by atoms with E-state index in [0.29, 0.717) is 29.0 Å². The number of rotatable bonds is 5. The van der Waals surface area contributed by atoms with Gasteiger partial charge in [-0.05, 0) is 36.8 Å². The molecule has 1 atom stereocenters. The standard InChI is InChI=1S/C23H20F3N7O2/c1-12-9-33(11-28-12)16-4-5-19(29-22(16)34-3)30-23-27-8-18-21(31-23)32(2)17(10-35-18)13-6-14(24)20(26)15(25)7-13/h4-9,11,17H,10H2,1-3H3,(H,27,29,30,31). The number of aromatic nitrogens is 5. The van der Waals surface area contributed by atoms with Gasteiger partial charge in [0, 0.05) is 13.2 Å². The van der Waals surface area contributed by atoms with Crippen LogP contribution in [0.1, 0.15) is 17.3 Å². The first-order chi connectivity index (χ1) is 16.8. The van der Waals surface area contributed by atoms with E-state index in [-0.39, 0.29) is 18.1 Å². The number of methoxy groups -OCH3 is 1. The molecular formula is C23H20F3N7O2. The van der Waals surface area contributed by atoms with E-state index in [4.69, 9.17) is 9.47 Å². The van der Waals surface area contributed by atoms with Gasteiger partial charge in [-0.15, -0.1) is 0 Å². The zero-order valence-electron chi connectivity index (χ0n) is 19.0. The van der Waals surface area contributed by atoms with Crippen LogP contribution in [0.4, 0.5) is 30.8 Å². The molecule has 3 aromatic heterocycles. The van der Waals surface area contributed by atoms with Gasteiger partial charge in [0.05, 0.1) is 31.4 Å². The number of nitrogens with zero attached hydrogens (tertiary/aromatic N) is 6. The van der Waals surface area contributed by atoms with E-state index in [1.165, 1.54) is 13.3 Å². The van der Waals surface area contributed by atoms with Crippen molar-refractivity contribution in [1.82, 2.24) is 24.5 Å². The van der Waals surface area contributed by atoms with Crippen LogP contribution < -0.4 is 19.7 Å². The number of imidazole rings is 1. The Kier molecular flexibility index (Phi) is 5.63. The number of likely N-dealkylation sites (N-methyl/N-ethyl adjacent to an activating group) is 1. The molecule has 5 rings (SSSR count). The molecular weight excluding hydrogens is 463 g/mol. The van der Waals surface area contributed by atoms with Crippen molar-refractivity contribution in [1.29, 1.82) is 0 Å². The van der Waals surface area contributed by atoms with E-state index < -0.39 is 23.5 Å². The molecule has 35 heavy (non-hydrogen) atoms. The van der Waals surface area contributed by atoms with Gasteiger partial charge in [-0.25, -0.2) is 23.1 Å². The quantitative estimate of drug-likeness (QED) is 0.425. The minimum atomic E-state index is -1.51. The molecule has 12 heteroatoms. The molecule has 0 aliphatic carbocycles. The number of aryl methyl sites for hydroxylation is 1. The molecule has 0 saturated carbocycles. The third-order valence-corrected chi connectivity index (χ3v) is 5.59. The van der Waals surface area contributed by atoms with Gasteiger partial charge in [-0.3, -0.25) is 0 Å².